The second kappa shape index (κ2) is 6.12. The minimum Gasteiger partial charge on any atom is -0.374 e. The fourth-order valence-electron chi connectivity index (χ4n) is 3.64. The van der Waals surface area contributed by atoms with Gasteiger partial charge < -0.3 is 14.4 Å². The molecule has 0 unspecified atom stereocenters. The molecule has 21 heavy (non-hydrogen) atoms. The minimum atomic E-state index is -3.11. The van der Waals surface area contributed by atoms with Gasteiger partial charge >= 0.3 is 0 Å². The van der Waals surface area contributed by atoms with E-state index in [1.165, 1.54) is 36.5 Å². The van der Waals surface area contributed by atoms with Crippen LogP contribution in [0, 0.1) is 0 Å². The lowest BCUT2D eigenvalue weighted by molar-refractivity contribution is 0.00356. The lowest BCUT2D eigenvalue weighted by Gasteiger charge is -2.22. The van der Waals surface area contributed by atoms with E-state index >= 15 is 0 Å². The second-order valence-electron chi connectivity index (χ2n) is 6.59. The maximum atomic E-state index is 11.6. The van der Waals surface area contributed by atoms with E-state index in [2.05, 4.69) is 4.90 Å². The van der Waals surface area contributed by atoms with Gasteiger partial charge in [0.15, 0.2) is 0 Å². The first-order valence-corrected chi connectivity index (χ1v) is 9.75. The van der Waals surface area contributed by atoms with Crippen molar-refractivity contribution in [1.29, 1.82) is 0 Å². The van der Waals surface area contributed by atoms with Gasteiger partial charge in [0, 0.05) is 26.1 Å². The summed E-state index contributed by atoms with van der Waals surface area (Å²) in [5.74, 6) is 0. The Labute approximate surface area is 127 Å². The molecule has 3 aliphatic rings. The van der Waals surface area contributed by atoms with Crippen molar-refractivity contribution in [3.8, 4) is 0 Å². The smallest absolute Gasteiger partial charge is 0.211 e. The predicted molar refractivity (Wildman–Crippen MR) is 79.7 cm³/mol. The van der Waals surface area contributed by atoms with Crippen molar-refractivity contribution in [1.82, 2.24) is 9.21 Å². The molecule has 0 aromatic rings. The monoisotopic (exact) mass is 318 g/mol. The van der Waals surface area contributed by atoms with E-state index < -0.39 is 10.0 Å². The third-order valence-electron chi connectivity index (χ3n) is 4.89. The zero-order valence-corrected chi connectivity index (χ0v) is 13.6. The highest BCUT2D eigenvalue weighted by Crippen LogP contribution is 2.36. The molecule has 122 valence electrons. The first kappa shape index (κ1) is 15.7. The van der Waals surface area contributed by atoms with Gasteiger partial charge in [-0.3, -0.25) is 0 Å². The average molecular weight is 318 g/mol. The van der Waals surface area contributed by atoms with E-state index in [-0.39, 0.29) is 11.7 Å². The van der Waals surface area contributed by atoms with Crippen molar-refractivity contribution in [2.75, 3.05) is 52.2 Å². The van der Waals surface area contributed by atoms with Crippen LogP contribution in [0.2, 0.25) is 0 Å². The maximum Gasteiger partial charge on any atom is 0.211 e. The van der Waals surface area contributed by atoms with Crippen LogP contribution in [0.5, 0.6) is 0 Å². The van der Waals surface area contributed by atoms with Gasteiger partial charge in [-0.05, 0) is 32.4 Å². The molecule has 6 nitrogen and oxygen atoms in total. The highest BCUT2D eigenvalue weighted by atomic mass is 32.2. The molecule has 3 fully saturated rings. The fraction of sp³-hybridized carbons (Fsp3) is 1.00. The molecule has 0 aliphatic carbocycles. The first-order valence-electron chi connectivity index (χ1n) is 7.90. The lowest BCUT2D eigenvalue weighted by atomic mass is 9.98. The summed E-state index contributed by atoms with van der Waals surface area (Å²) in [7, 11) is -3.11. The molecule has 3 rings (SSSR count). The average Bonchev–Trinajstić information content (AvgIpc) is 3.12. The van der Waals surface area contributed by atoms with Crippen molar-refractivity contribution >= 4 is 10.0 Å². The van der Waals surface area contributed by atoms with Crippen LogP contribution in [0.4, 0.5) is 0 Å². The van der Waals surface area contributed by atoms with E-state index in [9.17, 15) is 8.42 Å². The molecule has 3 aliphatic heterocycles. The topological polar surface area (TPSA) is 59.1 Å². The summed E-state index contributed by atoms with van der Waals surface area (Å²) in [5.41, 5.74) is -0.304. The second-order valence-corrected chi connectivity index (χ2v) is 8.57. The Morgan fingerprint density at radius 1 is 1.29 bits per heavy atom. The van der Waals surface area contributed by atoms with E-state index in [4.69, 9.17) is 9.47 Å². The van der Waals surface area contributed by atoms with Gasteiger partial charge in [0.25, 0.3) is 0 Å². The molecule has 0 radical (unpaired) electrons. The van der Waals surface area contributed by atoms with Gasteiger partial charge in [-0.1, -0.05) is 0 Å². The Bertz CT molecular complexity index is 464. The van der Waals surface area contributed by atoms with Gasteiger partial charge in [0.1, 0.15) is 0 Å². The summed E-state index contributed by atoms with van der Waals surface area (Å²) in [6, 6.07) is 0. The molecule has 2 atom stereocenters. The van der Waals surface area contributed by atoms with Gasteiger partial charge in [0.05, 0.1) is 31.2 Å². The Balaban J connectivity index is 1.43. The van der Waals surface area contributed by atoms with Crippen molar-refractivity contribution in [3.05, 3.63) is 0 Å². The normalized spacial score (nSPS) is 35.2. The Morgan fingerprint density at radius 2 is 2.05 bits per heavy atom. The zero-order chi connectivity index (χ0) is 14.9. The Morgan fingerprint density at radius 3 is 2.71 bits per heavy atom. The highest BCUT2D eigenvalue weighted by Gasteiger charge is 2.47. The molecule has 0 aromatic heterocycles. The van der Waals surface area contributed by atoms with Crippen molar-refractivity contribution < 1.29 is 17.9 Å². The van der Waals surface area contributed by atoms with Crippen LogP contribution in [-0.2, 0) is 19.5 Å². The molecule has 0 amide bonds. The van der Waals surface area contributed by atoms with Crippen molar-refractivity contribution in [2.45, 2.75) is 37.4 Å². The highest BCUT2D eigenvalue weighted by molar-refractivity contribution is 7.88. The summed E-state index contributed by atoms with van der Waals surface area (Å²) in [5, 5.41) is 0. The van der Waals surface area contributed by atoms with E-state index in [0.29, 0.717) is 19.7 Å². The molecule has 0 bridgehead atoms. The first-order chi connectivity index (χ1) is 9.97. The number of rotatable bonds is 5. The molecule has 0 saturated carbocycles. The molecule has 0 N–H and O–H groups in total. The van der Waals surface area contributed by atoms with Gasteiger partial charge in [-0.2, -0.15) is 4.31 Å². The lowest BCUT2D eigenvalue weighted by Crippen LogP contribution is -2.35. The summed E-state index contributed by atoms with van der Waals surface area (Å²) >= 11 is 0. The van der Waals surface area contributed by atoms with E-state index in [1.54, 1.807) is 0 Å². The third kappa shape index (κ3) is 3.76. The molecular weight excluding hydrogens is 292 g/mol. The van der Waals surface area contributed by atoms with Crippen LogP contribution in [0.3, 0.4) is 0 Å². The SMILES string of the molecule is CS(=O)(=O)N1CC[C@@]2(C[C@H](OCCN3CCCC3)CO2)C1. The molecule has 1 spiro atoms. The van der Waals surface area contributed by atoms with Crippen LogP contribution >= 0.6 is 0 Å². The number of ether oxygens (including phenoxy) is 2. The van der Waals surface area contributed by atoms with E-state index in [1.807, 2.05) is 0 Å². The number of likely N-dealkylation sites (tertiary alicyclic amines) is 1. The van der Waals surface area contributed by atoms with Crippen LogP contribution in [0.25, 0.3) is 0 Å². The van der Waals surface area contributed by atoms with Crippen molar-refractivity contribution in [3.63, 3.8) is 0 Å². The molecule has 3 heterocycles. The Hall–Kier alpha value is -0.210. The third-order valence-corrected chi connectivity index (χ3v) is 6.13. The van der Waals surface area contributed by atoms with Crippen LogP contribution < -0.4 is 0 Å². The quantitative estimate of drug-likeness (QED) is 0.729. The number of hydrogen-bond acceptors (Lipinski definition) is 5. The molecular formula is C14H26N2O4S. The largest absolute Gasteiger partial charge is 0.374 e. The van der Waals surface area contributed by atoms with E-state index in [0.717, 1.165) is 26.0 Å². The summed E-state index contributed by atoms with van der Waals surface area (Å²) in [6.07, 6.45) is 5.59. The summed E-state index contributed by atoms with van der Waals surface area (Å²) in [4.78, 5) is 2.44. The molecule has 7 heteroatoms. The fourth-order valence-corrected chi connectivity index (χ4v) is 4.53. The number of hydrogen-bond donors (Lipinski definition) is 0. The number of nitrogens with zero attached hydrogens (tertiary/aromatic N) is 2. The van der Waals surface area contributed by atoms with Crippen LogP contribution in [0.15, 0.2) is 0 Å². The molecule has 0 aromatic carbocycles. The van der Waals surface area contributed by atoms with Gasteiger partial charge in [-0.25, -0.2) is 8.42 Å². The summed E-state index contributed by atoms with van der Waals surface area (Å²) in [6.45, 7) is 5.78. The van der Waals surface area contributed by atoms with Gasteiger partial charge in [0.2, 0.25) is 10.0 Å². The molecule has 3 saturated heterocycles. The van der Waals surface area contributed by atoms with Crippen LogP contribution in [-0.4, -0.2) is 81.5 Å². The zero-order valence-electron chi connectivity index (χ0n) is 12.8. The predicted octanol–water partition coefficient (Wildman–Crippen LogP) is 0.292. The van der Waals surface area contributed by atoms with Crippen LogP contribution in [0.1, 0.15) is 25.7 Å². The minimum absolute atomic E-state index is 0.118. The standard InChI is InChI=1S/C14H26N2O4S/c1-21(17,18)16-7-4-14(12-16)10-13(11-20-14)19-9-8-15-5-2-3-6-15/h13H,2-12H2,1H3/t13-,14+/m0/s1. The maximum absolute atomic E-state index is 11.6. The summed E-state index contributed by atoms with van der Waals surface area (Å²) < 4.78 is 36.6. The van der Waals surface area contributed by atoms with Gasteiger partial charge in [-0.15, -0.1) is 0 Å². The van der Waals surface area contributed by atoms with Crippen molar-refractivity contribution in [2.24, 2.45) is 0 Å². The Kier molecular flexibility index (Phi) is 4.57. The number of sulfonamides is 1.